The van der Waals surface area contributed by atoms with Crippen molar-refractivity contribution in [2.24, 2.45) is 0 Å². The maximum atomic E-state index is 6.05. The van der Waals surface area contributed by atoms with Gasteiger partial charge in [-0.2, -0.15) is 0 Å². The Bertz CT molecular complexity index is 1080. The van der Waals surface area contributed by atoms with Gasteiger partial charge in [-0.3, -0.25) is 0 Å². The lowest BCUT2D eigenvalue weighted by Gasteiger charge is -2.03. The first kappa shape index (κ1) is 18.4. The van der Waals surface area contributed by atoms with Crippen LogP contribution in [0.25, 0.3) is 10.9 Å². The maximum absolute atomic E-state index is 6.05. The van der Waals surface area contributed by atoms with Crippen LogP contribution in [0.3, 0.4) is 0 Å². The lowest BCUT2D eigenvalue weighted by atomic mass is 10.1. The number of para-hydroxylation sites is 1. The number of aromatic nitrogens is 3. The molecule has 0 aliphatic carbocycles. The first-order valence-electron chi connectivity index (χ1n) is 8.38. The summed E-state index contributed by atoms with van der Waals surface area (Å²) in [6, 6.07) is 13.6. The predicted octanol–water partition coefficient (Wildman–Crippen LogP) is 4.68. The Morgan fingerprint density at radius 3 is 2.81 bits per heavy atom. The van der Waals surface area contributed by atoms with Crippen molar-refractivity contribution in [2.45, 2.75) is 23.4 Å². The Labute approximate surface area is 170 Å². The number of H-pyrrole nitrogens is 1. The average Bonchev–Trinajstić information content (AvgIpc) is 3.30. The van der Waals surface area contributed by atoms with Gasteiger partial charge in [-0.15, -0.1) is 10.2 Å². The fourth-order valence-electron chi connectivity index (χ4n) is 2.87. The second-order valence-electron chi connectivity index (χ2n) is 6.20. The van der Waals surface area contributed by atoms with Crippen LogP contribution in [0, 0.1) is 0 Å². The fraction of sp³-hybridized carbons (Fsp3) is 0.158. The molecule has 0 amide bonds. The Morgan fingerprint density at radius 1 is 1.11 bits per heavy atom. The van der Waals surface area contributed by atoms with Gasteiger partial charge < -0.3 is 15.1 Å². The van der Waals surface area contributed by atoms with Gasteiger partial charge >= 0.3 is 0 Å². The third-order valence-electron chi connectivity index (χ3n) is 4.26. The molecule has 2 aromatic heterocycles. The van der Waals surface area contributed by atoms with Gasteiger partial charge in [0, 0.05) is 29.3 Å². The molecule has 0 radical (unpaired) electrons. The molecule has 0 fully saturated rings. The van der Waals surface area contributed by atoms with E-state index in [2.05, 4.69) is 33.0 Å². The topological polar surface area (TPSA) is 82.4 Å². The van der Waals surface area contributed by atoms with Gasteiger partial charge in [0.1, 0.15) is 0 Å². The zero-order chi connectivity index (χ0) is 18.8. The summed E-state index contributed by atoms with van der Waals surface area (Å²) >= 11 is 13.4. The van der Waals surface area contributed by atoms with E-state index in [0.717, 1.165) is 17.5 Å². The van der Waals surface area contributed by atoms with Crippen LogP contribution in [0.15, 0.2) is 58.3 Å². The second-order valence-corrected chi connectivity index (χ2v) is 7.94. The summed E-state index contributed by atoms with van der Waals surface area (Å²) in [4.78, 5) is 3.28. The molecule has 138 valence electrons. The van der Waals surface area contributed by atoms with Crippen LogP contribution < -0.4 is 5.73 Å². The van der Waals surface area contributed by atoms with Crippen LogP contribution >= 0.6 is 35.0 Å². The SMILES string of the molecule is [NH3+][C@@H](Cc1c[nH]c2ccccc12)c1nnc(SCc2ccc(Cl)c(Cl)c2)o1. The Hall–Kier alpha value is -1.99. The van der Waals surface area contributed by atoms with E-state index in [1.54, 1.807) is 6.07 Å². The van der Waals surface area contributed by atoms with Crippen LogP contribution in [0.4, 0.5) is 0 Å². The summed E-state index contributed by atoms with van der Waals surface area (Å²) in [5.74, 6) is 1.21. The zero-order valence-electron chi connectivity index (χ0n) is 14.3. The summed E-state index contributed by atoms with van der Waals surface area (Å²) in [5.41, 5.74) is 7.53. The third kappa shape index (κ3) is 4.14. The minimum absolute atomic E-state index is 0.115. The molecular weight excluding hydrogens is 403 g/mol. The molecule has 0 saturated carbocycles. The highest BCUT2D eigenvalue weighted by Gasteiger charge is 2.20. The molecule has 4 aromatic rings. The van der Waals surface area contributed by atoms with Crippen molar-refractivity contribution in [1.82, 2.24) is 15.2 Å². The summed E-state index contributed by atoms with van der Waals surface area (Å²) in [5, 5.41) is 11.1. The number of nitrogens with one attached hydrogen (secondary N) is 1. The van der Waals surface area contributed by atoms with Crippen molar-refractivity contribution >= 4 is 45.9 Å². The highest BCUT2D eigenvalue weighted by Crippen LogP contribution is 2.28. The lowest BCUT2D eigenvalue weighted by molar-refractivity contribution is -0.431. The van der Waals surface area contributed by atoms with E-state index in [1.165, 1.54) is 22.7 Å². The minimum Gasteiger partial charge on any atom is -0.410 e. The highest BCUT2D eigenvalue weighted by molar-refractivity contribution is 7.98. The number of nitrogens with zero attached hydrogens (tertiary/aromatic N) is 2. The van der Waals surface area contributed by atoms with E-state index < -0.39 is 0 Å². The quantitative estimate of drug-likeness (QED) is 0.444. The Kier molecular flexibility index (Phi) is 5.41. The first-order valence-corrected chi connectivity index (χ1v) is 10.1. The molecule has 0 saturated heterocycles. The summed E-state index contributed by atoms with van der Waals surface area (Å²) < 4.78 is 5.79. The van der Waals surface area contributed by atoms with Crippen molar-refractivity contribution in [1.29, 1.82) is 0 Å². The average molecular weight is 420 g/mol. The summed E-state index contributed by atoms with van der Waals surface area (Å²) in [6.07, 6.45) is 2.74. The van der Waals surface area contributed by atoms with E-state index in [4.69, 9.17) is 27.6 Å². The Morgan fingerprint density at radius 2 is 1.96 bits per heavy atom. The van der Waals surface area contributed by atoms with Gasteiger partial charge in [0.05, 0.1) is 10.0 Å². The van der Waals surface area contributed by atoms with Crippen molar-refractivity contribution in [3.05, 3.63) is 75.7 Å². The Balaban J connectivity index is 1.41. The van der Waals surface area contributed by atoms with Gasteiger partial charge in [0.15, 0.2) is 6.04 Å². The molecule has 0 bridgehead atoms. The van der Waals surface area contributed by atoms with E-state index >= 15 is 0 Å². The molecular formula is C19H17Cl2N4OS+. The minimum atomic E-state index is -0.115. The van der Waals surface area contributed by atoms with Crippen LogP contribution in [0.2, 0.25) is 10.0 Å². The molecule has 2 aromatic carbocycles. The number of thioether (sulfide) groups is 1. The van der Waals surface area contributed by atoms with E-state index in [9.17, 15) is 0 Å². The fourth-order valence-corrected chi connectivity index (χ4v) is 3.90. The molecule has 0 spiro atoms. The standard InChI is InChI=1S/C19H16Cl2N4OS/c20-14-6-5-11(7-15(14)21)10-27-19-25-24-18(26-19)16(22)8-12-9-23-17-4-2-1-3-13(12)17/h1-7,9,16,23H,8,10,22H2/p+1/t16-/m0/s1. The van der Waals surface area contributed by atoms with Crippen molar-refractivity contribution in [3.8, 4) is 0 Å². The second kappa shape index (κ2) is 7.94. The molecule has 0 aliphatic rings. The van der Waals surface area contributed by atoms with Gasteiger partial charge in [-0.1, -0.05) is 59.2 Å². The molecule has 27 heavy (non-hydrogen) atoms. The number of rotatable bonds is 6. The molecule has 0 aliphatic heterocycles. The van der Waals surface area contributed by atoms with Crippen molar-refractivity contribution in [3.63, 3.8) is 0 Å². The van der Waals surface area contributed by atoms with Gasteiger partial charge in [0.25, 0.3) is 11.1 Å². The molecule has 4 rings (SSSR count). The van der Waals surface area contributed by atoms with Crippen LogP contribution in [0.1, 0.15) is 23.1 Å². The van der Waals surface area contributed by atoms with Crippen molar-refractivity contribution in [2.75, 3.05) is 0 Å². The smallest absolute Gasteiger partial charge is 0.277 e. The molecule has 5 nitrogen and oxygen atoms in total. The largest absolute Gasteiger partial charge is 0.410 e. The first-order chi connectivity index (χ1) is 13.1. The normalized spacial score (nSPS) is 12.6. The summed E-state index contributed by atoms with van der Waals surface area (Å²) in [7, 11) is 0. The lowest BCUT2D eigenvalue weighted by Crippen LogP contribution is -2.54. The number of hydrogen-bond donors (Lipinski definition) is 2. The number of fused-ring (bicyclic) bond motifs is 1. The van der Waals surface area contributed by atoms with Crippen molar-refractivity contribution < 1.29 is 10.2 Å². The van der Waals surface area contributed by atoms with Gasteiger partial charge in [-0.05, 0) is 29.3 Å². The summed E-state index contributed by atoms with van der Waals surface area (Å²) in [6.45, 7) is 0. The van der Waals surface area contributed by atoms with Gasteiger partial charge in [0.2, 0.25) is 0 Å². The molecule has 4 N–H and O–H groups in total. The van der Waals surface area contributed by atoms with Crippen LogP contribution in [-0.4, -0.2) is 15.2 Å². The molecule has 8 heteroatoms. The zero-order valence-corrected chi connectivity index (χ0v) is 16.6. The van der Waals surface area contributed by atoms with Crippen LogP contribution in [-0.2, 0) is 12.2 Å². The number of aromatic amines is 1. The van der Waals surface area contributed by atoms with Gasteiger partial charge in [-0.25, -0.2) is 0 Å². The van der Waals surface area contributed by atoms with E-state index in [1.807, 2.05) is 30.5 Å². The highest BCUT2D eigenvalue weighted by atomic mass is 35.5. The van der Waals surface area contributed by atoms with E-state index in [-0.39, 0.29) is 6.04 Å². The molecule has 2 heterocycles. The van der Waals surface area contributed by atoms with E-state index in [0.29, 0.717) is 26.9 Å². The monoisotopic (exact) mass is 419 g/mol. The maximum Gasteiger partial charge on any atom is 0.277 e. The molecule has 0 unspecified atom stereocenters. The molecule has 1 atom stereocenters. The number of quaternary nitrogens is 1. The number of hydrogen-bond acceptors (Lipinski definition) is 4. The van der Waals surface area contributed by atoms with Crippen LogP contribution in [0.5, 0.6) is 0 Å². The predicted molar refractivity (Wildman–Crippen MR) is 108 cm³/mol. The number of benzene rings is 2. The number of halogens is 2. The third-order valence-corrected chi connectivity index (χ3v) is 5.89.